The number of thioether (sulfide) groups is 1. The standard InChI is InChI=1S/C17H21N3S.C11H18O/c1-11-5-6-12(17(2,3)4)9-16(11)21-13-7-8-14-15(10-13)19-20-18-14;1-8-5-6-10(12)9(7-8)11(2,3)4/h6-11H,5H2,1-4H3,(H,18,19,20);5-7,9-10,12H,1-4H3. The predicted octanol–water partition coefficient (Wildman–Crippen LogP) is 7.47. The largest absolute Gasteiger partial charge is 0.388 e. The second kappa shape index (κ2) is 10.0. The summed E-state index contributed by atoms with van der Waals surface area (Å²) in [5, 5.41) is 20.6. The maximum atomic E-state index is 9.69. The third kappa shape index (κ3) is 6.70. The molecular weight excluding hydrogens is 426 g/mol. The van der Waals surface area contributed by atoms with Crippen LogP contribution >= 0.6 is 11.8 Å². The first-order chi connectivity index (χ1) is 15.3. The molecule has 2 aromatic rings. The van der Waals surface area contributed by atoms with Crippen LogP contribution in [0.1, 0.15) is 61.8 Å². The van der Waals surface area contributed by atoms with E-state index in [1.165, 1.54) is 20.9 Å². The van der Waals surface area contributed by atoms with Crippen molar-refractivity contribution >= 4 is 22.8 Å². The summed E-state index contributed by atoms with van der Waals surface area (Å²) in [6, 6.07) is 6.25. The highest BCUT2D eigenvalue weighted by Crippen LogP contribution is 2.41. The third-order valence-electron chi connectivity index (χ3n) is 6.23. The quantitative estimate of drug-likeness (QED) is 0.483. The monoisotopic (exact) mass is 465 g/mol. The van der Waals surface area contributed by atoms with Gasteiger partial charge in [0.15, 0.2) is 0 Å². The van der Waals surface area contributed by atoms with Crippen molar-refractivity contribution in [3.8, 4) is 0 Å². The number of allylic oxidation sites excluding steroid dienone is 6. The Labute approximate surface area is 203 Å². The number of aliphatic hydroxyl groups excluding tert-OH is 1. The second-order valence-corrected chi connectivity index (χ2v) is 12.5. The van der Waals surface area contributed by atoms with E-state index < -0.39 is 0 Å². The van der Waals surface area contributed by atoms with Crippen molar-refractivity contribution in [1.82, 2.24) is 15.4 Å². The fourth-order valence-corrected chi connectivity index (χ4v) is 5.08. The van der Waals surface area contributed by atoms with Crippen LogP contribution < -0.4 is 0 Å². The fourth-order valence-electron chi connectivity index (χ4n) is 4.02. The maximum absolute atomic E-state index is 9.69. The average Bonchev–Trinajstić information content (AvgIpc) is 3.18. The second-order valence-electron chi connectivity index (χ2n) is 11.3. The molecule has 0 saturated heterocycles. The minimum Gasteiger partial charge on any atom is -0.388 e. The van der Waals surface area contributed by atoms with E-state index in [0.717, 1.165) is 17.5 Å². The molecule has 0 radical (unpaired) electrons. The smallest absolute Gasteiger partial charge is 0.114 e. The van der Waals surface area contributed by atoms with E-state index >= 15 is 0 Å². The molecule has 5 heteroatoms. The van der Waals surface area contributed by atoms with Gasteiger partial charge in [0.25, 0.3) is 0 Å². The summed E-state index contributed by atoms with van der Waals surface area (Å²) in [4.78, 5) is 2.66. The van der Waals surface area contributed by atoms with Crippen molar-refractivity contribution in [2.45, 2.75) is 72.8 Å². The molecule has 33 heavy (non-hydrogen) atoms. The summed E-state index contributed by atoms with van der Waals surface area (Å²) in [5.41, 5.74) is 4.88. The lowest BCUT2D eigenvalue weighted by molar-refractivity contribution is 0.106. The first-order valence-corrected chi connectivity index (χ1v) is 12.6. The fraction of sp³-hybridized carbons (Fsp3) is 0.500. The lowest BCUT2D eigenvalue weighted by Crippen LogP contribution is -2.30. The summed E-state index contributed by atoms with van der Waals surface area (Å²) in [7, 11) is 0. The van der Waals surface area contributed by atoms with Crippen LogP contribution in [0.3, 0.4) is 0 Å². The molecule has 0 amide bonds. The van der Waals surface area contributed by atoms with Gasteiger partial charge in [0, 0.05) is 10.8 Å². The van der Waals surface area contributed by atoms with E-state index in [-0.39, 0.29) is 22.9 Å². The van der Waals surface area contributed by atoms with Crippen LogP contribution in [0.5, 0.6) is 0 Å². The predicted molar refractivity (Wildman–Crippen MR) is 141 cm³/mol. The van der Waals surface area contributed by atoms with Crippen LogP contribution in [0, 0.1) is 22.7 Å². The molecule has 1 heterocycles. The summed E-state index contributed by atoms with van der Waals surface area (Å²) in [6.45, 7) is 17.7. The first kappa shape index (κ1) is 25.5. The Kier molecular flexibility index (Phi) is 7.75. The highest BCUT2D eigenvalue weighted by molar-refractivity contribution is 8.03. The number of benzene rings is 1. The number of hydrogen-bond acceptors (Lipinski definition) is 4. The zero-order valence-corrected chi connectivity index (χ0v) is 22.1. The van der Waals surface area contributed by atoms with Crippen molar-refractivity contribution in [2.75, 3.05) is 0 Å². The summed E-state index contributed by atoms with van der Waals surface area (Å²) >= 11 is 1.85. The number of hydrogen-bond donors (Lipinski definition) is 2. The third-order valence-corrected chi connectivity index (χ3v) is 7.48. The van der Waals surface area contributed by atoms with Gasteiger partial charge in [-0.1, -0.05) is 90.1 Å². The Morgan fingerprint density at radius 3 is 2.39 bits per heavy atom. The molecule has 0 aliphatic heterocycles. The van der Waals surface area contributed by atoms with Crippen molar-refractivity contribution < 1.29 is 5.11 Å². The van der Waals surface area contributed by atoms with Gasteiger partial charge < -0.3 is 5.11 Å². The van der Waals surface area contributed by atoms with Crippen molar-refractivity contribution in [1.29, 1.82) is 0 Å². The van der Waals surface area contributed by atoms with Gasteiger partial charge in [-0.05, 0) is 64.8 Å². The van der Waals surface area contributed by atoms with Gasteiger partial charge in [0.1, 0.15) is 11.0 Å². The highest BCUT2D eigenvalue weighted by atomic mass is 32.2. The summed E-state index contributed by atoms with van der Waals surface area (Å²) in [6.07, 6.45) is 11.6. The SMILES string of the molecule is CC1=CC(C(C)(C)C)C(O)C=C1.CC1CC=C(C(C)(C)C)C=C1Sc1ccc2n[nH]nc2c1. The minimum absolute atomic E-state index is 0.144. The number of rotatable bonds is 2. The van der Waals surface area contributed by atoms with Crippen LogP contribution in [-0.4, -0.2) is 26.6 Å². The van der Waals surface area contributed by atoms with E-state index in [2.05, 4.69) is 101 Å². The summed E-state index contributed by atoms with van der Waals surface area (Å²) < 4.78 is 0. The Morgan fingerprint density at radius 1 is 1.06 bits per heavy atom. The lowest BCUT2D eigenvalue weighted by atomic mass is 9.75. The van der Waals surface area contributed by atoms with Gasteiger partial charge in [-0.25, -0.2) is 0 Å². The van der Waals surface area contributed by atoms with Gasteiger partial charge >= 0.3 is 0 Å². The average molecular weight is 466 g/mol. The molecule has 2 aliphatic rings. The number of aromatic amines is 1. The maximum Gasteiger partial charge on any atom is 0.114 e. The Morgan fingerprint density at radius 2 is 1.76 bits per heavy atom. The van der Waals surface area contributed by atoms with E-state index in [4.69, 9.17) is 0 Å². The van der Waals surface area contributed by atoms with E-state index in [1.54, 1.807) is 0 Å². The van der Waals surface area contributed by atoms with Crippen LogP contribution in [0.25, 0.3) is 11.0 Å². The molecule has 178 valence electrons. The zero-order chi connectivity index (χ0) is 24.4. The van der Waals surface area contributed by atoms with E-state index in [0.29, 0.717) is 5.92 Å². The molecule has 0 spiro atoms. The molecule has 2 aliphatic carbocycles. The number of nitrogens with zero attached hydrogens (tertiary/aromatic N) is 2. The van der Waals surface area contributed by atoms with Gasteiger partial charge in [-0.2, -0.15) is 15.4 Å². The number of H-pyrrole nitrogens is 1. The number of fused-ring (bicyclic) bond motifs is 1. The van der Waals surface area contributed by atoms with Crippen molar-refractivity contribution in [2.24, 2.45) is 22.7 Å². The minimum atomic E-state index is -0.311. The van der Waals surface area contributed by atoms with Gasteiger partial charge in [0.2, 0.25) is 0 Å². The topological polar surface area (TPSA) is 61.8 Å². The lowest BCUT2D eigenvalue weighted by Gasteiger charge is -2.33. The van der Waals surface area contributed by atoms with Crippen molar-refractivity contribution in [3.63, 3.8) is 0 Å². The van der Waals surface area contributed by atoms with Gasteiger partial charge in [0.05, 0.1) is 6.10 Å². The Hall–Kier alpha value is -2.11. The highest BCUT2D eigenvalue weighted by Gasteiger charge is 2.29. The number of aromatic nitrogens is 3. The van der Waals surface area contributed by atoms with Crippen LogP contribution in [0.15, 0.2) is 69.5 Å². The molecule has 3 atom stereocenters. The van der Waals surface area contributed by atoms with E-state index in [1.807, 2.05) is 30.0 Å². The zero-order valence-electron chi connectivity index (χ0n) is 21.3. The molecule has 4 nitrogen and oxygen atoms in total. The molecule has 1 aromatic carbocycles. The molecule has 4 rings (SSSR count). The molecule has 0 saturated carbocycles. The molecule has 2 N–H and O–H groups in total. The van der Waals surface area contributed by atoms with Crippen LogP contribution in [0.2, 0.25) is 0 Å². The van der Waals surface area contributed by atoms with Crippen LogP contribution in [-0.2, 0) is 0 Å². The Balaban J connectivity index is 0.000000218. The Bertz CT molecular complexity index is 1090. The number of aliphatic hydroxyl groups is 1. The number of nitrogens with one attached hydrogen (secondary N) is 1. The molecular formula is C28H39N3OS. The first-order valence-electron chi connectivity index (χ1n) is 11.8. The molecule has 0 fully saturated rings. The van der Waals surface area contributed by atoms with E-state index in [9.17, 15) is 5.11 Å². The summed E-state index contributed by atoms with van der Waals surface area (Å²) in [5.74, 6) is 0.830. The van der Waals surface area contributed by atoms with Crippen molar-refractivity contribution in [3.05, 3.63) is 64.6 Å². The van der Waals surface area contributed by atoms with Crippen LogP contribution in [0.4, 0.5) is 0 Å². The normalized spacial score (nSPS) is 23.4. The molecule has 3 unspecified atom stereocenters. The molecule has 1 aromatic heterocycles. The van der Waals surface area contributed by atoms with Gasteiger partial charge in [-0.15, -0.1) is 0 Å². The van der Waals surface area contributed by atoms with Gasteiger partial charge in [-0.3, -0.25) is 0 Å². The molecule has 0 bridgehead atoms.